The van der Waals surface area contributed by atoms with E-state index < -0.39 is 0 Å². The molecule has 0 bridgehead atoms. The van der Waals surface area contributed by atoms with Crippen LogP contribution in [0.1, 0.15) is 18.2 Å². The molecule has 0 atom stereocenters. The van der Waals surface area contributed by atoms with Crippen LogP contribution in [0.2, 0.25) is 0 Å². The van der Waals surface area contributed by atoms with Gasteiger partial charge in [0, 0.05) is 19.2 Å². The Morgan fingerprint density at radius 3 is 2.62 bits per heavy atom. The van der Waals surface area contributed by atoms with Crippen LogP contribution < -0.4 is 10.1 Å². The first-order valence-corrected chi connectivity index (χ1v) is 7.23. The average Bonchev–Trinajstić information content (AvgIpc) is 2.87. The minimum atomic E-state index is 0.560. The van der Waals surface area contributed by atoms with Crippen molar-refractivity contribution in [2.75, 3.05) is 26.9 Å². The summed E-state index contributed by atoms with van der Waals surface area (Å²) >= 11 is 0. The van der Waals surface area contributed by atoms with Crippen LogP contribution in [0.4, 0.5) is 0 Å². The van der Waals surface area contributed by atoms with Crippen molar-refractivity contribution in [3.63, 3.8) is 0 Å². The Morgan fingerprint density at radius 2 is 1.95 bits per heavy atom. The maximum absolute atomic E-state index is 5.56. The number of methoxy groups -OCH3 is 1. The predicted molar refractivity (Wildman–Crippen MR) is 83.5 cm³/mol. The lowest BCUT2D eigenvalue weighted by molar-refractivity contribution is 0.146. The number of ether oxygens (including phenoxy) is 2. The number of nitrogens with zero attached hydrogens (tertiary/aromatic N) is 1. The summed E-state index contributed by atoms with van der Waals surface area (Å²) in [5, 5.41) is 10.8. The molecule has 5 nitrogen and oxygen atoms in total. The van der Waals surface area contributed by atoms with E-state index in [1.807, 2.05) is 24.3 Å². The first-order chi connectivity index (χ1) is 10.3. The van der Waals surface area contributed by atoms with E-state index in [2.05, 4.69) is 29.4 Å². The normalized spacial score (nSPS) is 10.8. The second-order valence-electron chi connectivity index (χ2n) is 4.82. The summed E-state index contributed by atoms with van der Waals surface area (Å²) in [6, 6.07) is 7.98. The van der Waals surface area contributed by atoms with E-state index >= 15 is 0 Å². The Bertz CT molecular complexity index is 549. The summed E-state index contributed by atoms with van der Waals surface area (Å²) in [7, 11) is 1.66. The van der Waals surface area contributed by atoms with Gasteiger partial charge in [0.1, 0.15) is 12.4 Å². The van der Waals surface area contributed by atoms with E-state index in [0.29, 0.717) is 13.2 Å². The van der Waals surface area contributed by atoms with E-state index in [0.717, 1.165) is 35.8 Å². The number of rotatable bonds is 8. The lowest BCUT2D eigenvalue weighted by Crippen LogP contribution is -2.12. The molecule has 114 valence electrons. The molecule has 0 fully saturated rings. The summed E-state index contributed by atoms with van der Waals surface area (Å²) in [6.45, 7) is 7.09. The van der Waals surface area contributed by atoms with Crippen molar-refractivity contribution in [2.45, 2.75) is 20.4 Å². The minimum Gasteiger partial charge on any atom is -0.491 e. The molecule has 0 aliphatic heterocycles. The Labute approximate surface area is 125 Å². The van der Waals surface area contributed by atoms with Crippen molar-refractivity contribution in [1.29, 1.82) is 0 Å². The molecule has 21 heavy (non-hydrogen) atoms. The molecule has 0 saturated heterocycles. The van der Waals surface area contributed by atoms with Crippen LogP contribution in [0, 0.1) is 6.92 Å². The second-order valence-corrected chi connectivity index (χ2v) is 4.82. The first kappa shape index (κ1) is 15.5. The lowest BCUT2D eigenvalue weighted by Gasteiger charge is -2.06. The Morgan fingerprint density at radius 1 is 1.19 bits per heavy atom. The summed E-state index contributed by atoms with van der Waals surface area (Å²) < 4.78 is 10.5. The molecule has 2 N–H and O–H groups in total. The van der Waals surface area contributed by atoms with Crippen molar-refractivity contribution in [3.8, 4) is 17.0 Å². The predicted octanol–water partition coefficient (Wildman–Crippen LogP) is 2.52. The number of H-pyrrole nitrogens is 1. The number of hydrogen-bond donors (Lipinski definition) is 2. The summed E-state index contributed by atoms with van der Waals surface area (Å²) in [5.41, 5.74) is 4.40. The molecule has 0 spiro atoms. The Kier molecular flexibility index (Phi) is 5.78. The van der Waals surface area contributed by atoms with Gasteiger partial charge in [-0.05, 0) is 43.3 Å². The smallest absolute Gasteiger partial charge is 0.119 e. The highest BCUT2D eigenvalue weighted by atomic mass is 16.5. The van der Waals surface area contributed by atoms with Gasteiger partial charge in [0.2, 0.25) is 0 Å². The number of aromatic amines is 1. The third-order valence-electron chi connectivity index (χ3n) is 3.35. The zero-order valence-corrected chi connectivity index (χ0v) is 12.9. The molecular formula is C16H23N3O2. The fourth-order valence-electron chi connectivity index (χ4n) is 2.09. The zero-order valence-electron chi connectivity index (χ0n) is 12.9. The van der Waals surface area contributed by atoms with Crippen LogP contribution in [-0.2, 0) is 11.3 Å². The minimum absolute atomic E-state index is 0.560. The quantitative estimate of drug-likeness (QED) is 0.733. The van der Waals surface area contributed by atoms with Crippen LogP contribution in [0.3, 0.4) is 0 Å². The molecule has 0 saturated carbocycles. The van der Waals surface area contributed by atoms with E-state index in [4.69, 9.17) is 9.47 Å². The molecule has 2 aromatic rings. The maximum Gasteiger partial charge on any atom is 0.119 e. The molecule has 0 unspecified atom stereocenters. The third-order valence-corrected chi connectivity index (χ3v) is 3.35. The summed E-state index contributed by atoms with van der Waals surface area (Å²) in [6.07, 6.45) is 0. The highest BCUT2D eigenvalue weighted by Gasteiger charge is 2.10. The fourth-order valence-corrected chi connectivity index (χ4v) is 2.09. The van der Waals surface area contributed by atoms with Gasteiger partial charge >= 0.3 is 0 Å². The topological polar surface area (TPSA) is 59.2 Å². The molecule has 0 aliphatic rings. The van der Waals surface area contributed by atoms with Gasteiger partial charge in [-0.3, -0.25) is 5.10 Å². The number of aromatic nitrogens is 2. The second kappa shape index (κ2) is 7.81. The average molecular weight is 289 g/mol. The number of nitrogens with one attached hydrogen (secondary N) is 2. The number of benzene rings is 1. The molecule has 0 aliphatic carbocycles. The highest BCUT2D eigenvalue weighted by molar-refractivity contribution is 5.64. The molecule has 0 radical (unpaired) electrons. The first-order valence-electron chi connectivity index (χ1n) is 7.23. The van der Waals surface area contributed by atoms with Crippen LogP contribution in [0.25, 0.3) is 11.3 Å². The maximum atomic E-state index is 5.56. The van der Waals surface area contributed by atoms with Gasteiger partial charge in [0.15, 0.2) is 0 Å². The van der Waals surface area contributed by atoms with Gasteiger partial charge in [-0.25, -0.2) is 0 Å². The van der Waals surface area contributed by atoms with E-state index in [1.165, 1.54) is 5.56 Å². The van der Waals surface area contributed by atoms with Crippen LogP contribution >= 0.6 is 0 Å². The molecule has 2 rings (SSSR count). The van der Waals surface area contributed by atoms with Gasteiger partial charge in [0.05, 0.1) is 18.0 Å². The fraction of sp³-hybridized carbons (Fsp3) is 0.438. The van der Waals surface area contributed by atoms with Crippen LogP contribution in [0.15, 0.2) is 24.3 Å². The molecule has 1 aromatic heterocycles. The van der Waals surface area contributed by atoms with Crippen molar-refractivity contribution < 1.29 is 9.47 Å². The standard InChI is InChI=1S/C16H23N3O2/c1-4-17-11-15-12(2)16(19-18-15)13-5-7-14(8-6-13)21-10-9-20-3/h5-8,17H,4,9-11H2,1-3H3,(H,18,19). The molecular weight excluding hydrogens is 266 g/mol. The molecule has 1 heterocycles. The zero-order chi connectivity index (χ0) is 15.1. The van der Waals surface area contributed by atoms with Gasteiger partial charge in [0.25, 0.3) is 0 Å². The van der Waals surface area contributed by atoms with Crippen LogP contribution in [-0.4, -0.2) is 37.1 Å². The van der Waals surface area contributed by atoms with Crippen molar-refractivity contribution in [2.24, 2.45) is 0 Å². The van der Waals surface area contributed by atoms with Gasteiger partial charge in [-0.15, -0.1) is 0 Å². The van der Waals surface area contributed by atoms with Gasteiger partial charge < -0.3 is 14.8 Å². The van der Waals surface area contributed by atoms with Crippen LogP contribution in [0.5, 0.6) is 5.75 Å². The van der Waals surface area contributed by atoms with Crippen molar-refractivity contribution in [3.05, 3.63) is 35.5 Å². The lowest BCUT2D eigenvalue weighted by atomic mass is 10.1. The van der Waals surface area contributed by atoms with Gasteiger partial charge in [-0.1, -0.05) is 6.92 Å². The van der Waals surface area contributed by atoms with E-state index in [1.54, 1.807) is 7.11 Å². The monoisotopic (exact) mass is 289 g/mol. The van der Waals surface area contributed by atoms with Crippen molar-refractivity contribution in [1.82, 2.24) is 15.5 Å². The summed E-state index contributed by atoms with van der Waals surface area (Å²) in [5.74, 6) is 0.844. The largest absolute Gasteiger partial charge is 0.491 e. The van der Waals surface area contributed by atoms with E-state index in [9.17, 15) is 0 Å². The Balaban J connectivity index is 2.06. The summed E-state index contributed by atoms with van der Waals surface area (Å²) in [4.78, 5) is 0. The highest BCUT2D eigenvalue weighted by Crippen LogP contribution is 2.25. The Hall–Kier alpha value is -1.85. The van der Waals surface area contributed by atoms with E-state index in [-0.39, 0.29) is 0 Å². The molecule has 1 aromatic carbocycles. The third kappa shape index (κ3) is 4.06. The van der Waals surface area contributed by atoms with Crippen molar-refractivity contribution >= 4 is 0 Å². The molecule has 5 heteroatoms. The SMILES string of the molecule is CCNCc1[nH]nc(-c2ccc(OCCOC)cc2)c1C. The van der Waals surface area contributed by atoms with Gasteiger partial charge in [-0.2, -0.15) is 5.10 Å². The molecule has 0 amide bonds. The number of hydrogen-bond acceptors (Lipinski definition) is 4.